The maximum atomic E-state index is 6.01. The fraction of sp³-hybridized carbons (Fsp3) is 0.294. The summed E-state index contributed by atoms with van der Waals surface area (Å²) in [6, 6.07) is 18.9. The second kappa shape index (κ2) is 8.03. The molecule has 0 spiro atoms. The molecule has 2 N–H and O–H groups in total. The predicted octanol–water partition coefficient (Wildman–Crippen LogP) is 2.92. The highest BCUT2D eigenvalue weighted by Gasteiger charge is 2.17. The van der Waals surface area contributed by atoms with Gasteiger partial charge in [0.05, 0.1) is 0 Å². The molecule has 0 unspecified atom stereocenters. The van der Waals surface area contributed by atoms with Gasteiger partial charge in [0.25, 0.3) is 0 Å². The molecule has 2 aromatic carbocycles. The Bertz CT molecular complexity index is 541. The van der Waals surface area contributed by atoms with Crippen molar-refractivity contribution >= 4 is 12.4 Å². The number of rotatable bonds is 4. The number of hydrogen-bond acceptors (Lipinski definition) is 3. The highest BCUT2D eigenvalue weighted by atomic mass is 35.5. The maximum Gasteiger partial charge on any atom is 0.124 e. The zero-order valence-corrected chi connectivity index (χ0v) is 12.7. The molecule has 1 fully saturated rings. The SMILES string of the molecule is Cl.c1ccc(COc2ccccc2[C@@H]2CNCCN2)cc1. The molecule has 0 bridgehead atoms. The van der Waals surface area contributed by atoms with Gasteiger partial charge in [-0.3, -0.25) is 0 Å². The fourth-order valence-corrected chi connectivity index (χ4v) is 2.51. The molecule has 1 heterocycles. The van der Waals surface area contributed by atoms with Crippen LogP contribution in [0.15, 0.2) is 54.6 Å². The molecule has 21 heavy (non-hydrogen) atoms. The van der Waals surface area contributed by atoms with Crippen LogP contribution in [0.25, 0.3) is 0 Å². The summed E-state index contributed by atoms with van der Waals surface area (Å²) >= 11 is 0. The van der Waals surface area contributed by atoms with Crippen molar-refractivity contribution in [3.63, 3.8) is 0 Å². The molecule has 1 aliphatic rings. The van der Waals surface area contributed by atoms with Crippen LogP contribution in [0.2, 0.25) is 0 Å². The Hall–Kier alpha value is -1.55. The van der Waals surface area contributed by atoms with Crippen LogP contribution >= 0.6 is 12.4 Å². The number of ether oxygens (including phenoxy) is 1. The molecule has 0 aliphatic carbocycles. The first-order valence-corrected chi connectivity index (χ1v) is 7.13. The van der Waals surface area contributed by atoms with E-state index in [2.05, 4.69) is 41.0 Å². The van der Waals surface area contributed by atoms with Crippen LogP contribution in [-0.4, -0.2) is 19.6 Å². The normalized spacial score (nSPS) is 17.8. The standard InChI is InChI=1S/C17H20N2O.ClH/c1-2-6-14(7-3-1)13-20-17-9-5-4-8-15(17)16-12-18-10-11-19-16;/h1-9,16,18-19H,10-13H2;1H/t16-;/m0./s1. The van der Waals surface area contributed by atoms with E-state index in [0.29, 0.717) is 12.6 Å². The van der Waals surface area contributed by atoms with E-state index in [9.17, 15) is 0 Å². The van der Waals surface area contributed by atoms with Crippen molar-refractivity contribution in [3.8, 4) is 5.75 Å². The molecule has 3 rings (SSSR count). The van der Waals surface area contributed by atoms with Crippen molar-refractivity contribution in [2.24, 2.45) is 0 Å². The van der Waals surface area contributed by atoms with Crippen molar-refractivity contribution < 1.29 is 4.74 Å². The van der Waals surface area contributed by atoms with E-state index < -0.39 is 0 Å². The Morgan fingerprint density at radius 3 is 2.48 bits per heavy atom. The van der Waals surface area contributed by atoms with E-state index in [1.165, 1.54) is 11.1 Å². The Kier molecular flexibility index (Phi) is 6.05. The lowest BCUT2D eigenvalue weighted by molar-refractivity contribution is 0.296. The zero-order valence-electron chi connectivity index (χ0n) is 11.9. The van der Waals surface area contributed by atoms with Gasteiger partial charge in [-0.2, -0.15) is 0 Å². The number of para-hydroxylation sites is 1. The highest BCUT2D eigenvalue weighted by molar-refractivity contribution is 5.85. The molecule has 0 radical (unpaired) electrons. The van der Waals surface area contributed by atoms with Crippen molar-refractivity contribution in [1.29, 1.82) is 0 Å². The fourth-order valence-electron chi connectivity index (χ4n) is 2.51. The molecule has 1 atom stereocenters. The van der Waals surface area contributed by atoms with E-state index in [0.717, 1.165) is 25.4 Å². The van der Waals surface area contributed by atoms with Gasteiger partial charge in [0, 0.05) is 31.2 Å². The molecular weight excluding hydrogens is 284 g/mol. The number of halogens is 1. The molecule has 0 saturated carbocycles. The van der Waals surface area contributed by atoms with Crippen LogP contribution in [0, 0.1) is 0 Å². The topological polar surface area (TPSA) is 33.3 Å². The third-order valence-electron chi connectivity index (χ3n) is 3.57. The van der Waals surface area contributed by atoms with Gasteiger partial charge in [0.1, 0.15) is 12.4 Å². The smallest absolute Gasteiger partial charge is 0.124 e. The first kappa shape index (κ1) is 15.8. The first-order valence-electron chi connectivity index (χ1n) is 7.13. The lowest BCUT2D eigenvalue weighted by Crippen LogP contribution is -2.42. The number of hydrogen-bond donors (Lipinski definition) is 2. The first-order chi connectivity index (χ1) is 9.93. The quantitative estimate of drug-likeness (QED) is 0.911. The molecule has 0 amide bonds. The zero-order chi connectivity index (χ0) is 13.6. The highest BCUT2D eigenvalue weighted by Crippen LogP contribution is 2.26. The summed E-state index contributed by atoms with van der Waals surface area (Å²) in [7, 11) is 0. The van der Waals surface area contributed by atoms with Crippen LogP contribution in [0.5, 0.6) is 5.75 Å². The summed E-state index contributed by atoms with van der Waals surface area (Å²) in [6.07, 6.45) is 0. The third kappa shape index (κ3) is 4.21. The van der Waals surface area contributed by atoms with E-state index >= 15 is 0 Å². The van der Waals surface area contributed by atoms with Crippen LogP contribution in [0.4, 0.5) is 0 Å². The average molecular weight is 305 g/mol. The van der Waals surface area contributed by atoms with Gasteiger partial charge in [-0.25, -0.2) is 0 Å². The van der Waals surface area contributed by atoms with Gasteiger partial charge in [0.15, 0.2) is 0 Å². The summed E-state index contributed by atoms with van der Waals surface area (Å²) in [6.45, 7) is 3.59. The predicted molar refractivity (Wildman–Crippen MR) is 88.1 cm³/mol. The number of benzene rings is 2. The summed E-state index contributed by atoms with van der Waals surface area (Å²) in [4.78, 5) is 0. The van der Waals surface area contributed by atoms with Crippen LogP contribution in [0.1, 0.15) is 17.2 Å². The Morgan fingerprint density at radius 1 is 0.952 bits per heavy atom. The number of nitrogens with one attached hydrogen (secondary N) is 2. The summed E-state index contributed by atoms with van der Waals surface area (Å²) in [5.74, 6) is 0.970. The molecule has 112 valence electrons. The molecule has 0 aromatic heterocycles. The van der Waals surface area contributed by atoms with Gasteiger partial charge < -0.3 is 15.4 Å². The maximum absolute atomic E-state index is 6.01. The Labute approximate surface area is 132 Å². The van der Waals surface area contributed by atoms with Crippen LogP contribution in [0.3, 0.4) is 0 Å². The van der Waals surface area contributed by atoms with Crippen LogP contribution in [-0.2, 0) is 6.61 Å². The van der Waals surface area contributed by atoms with Crippen molar-refractivity contribution in [1.82, 2.24) is 10.6 Å². The second-order valence-corrected chi connectivity index (χ2v) is 5.02. The van der Waals surface area contributed by atoms with Gasteiger partial charge in [-0.1, -0.05) is 48.5 Å². The van der Waals surface area contributed by atoms with Crippen molar-refractivity contribution in [2.75, 3.05) is 19.6 Å². The lowest BCUT2D eigenvalue weighted by Gasteiger charge is -2.26. The van der Waals surface area contributed by atoms with E-state index in [1.54, 1.807) is 0 Å². The van der Waals surface area contributed by atoms with Crippen molar-refractivity contribution in [2.45, 2.75) is 12.6 Å². The summed E-state index contributed by atoms with van der Waals surface area (Å²) < 4.78 is 6.01. The van der Waals surface area contributed by atoms with Gasteiger partial charge >= 0.3 is 0 Å². The minimum atomic E-state index is 0. The summed E-state index contributed by atoms with van der Waals surface area (Å²) in [5, 5.41) is 6.95. The molecule has 3 nitrogen and oxygen atoms in total. The molecule has 2 aromatic rings. The summed E-state index contributed by atoms with van der Waals surface area (Å²) in [5.41, 5.74) is 2.42. The minimum Gasteiger partial charge on any atom is -0.489 e. The van der Waals surface area contributed by atoms with Crippen LogP contribution < -0.4 is 15.4 Å². The van der Waals surface area contributed by atoms with Crippen molar-refractivity contribution in [3.05, 3.63) is 65.7 Å². The monoisotopic (exact) mass is 304 g/mol. The Balaban J connectivity index is 0.00000161. The largest absolute Gasteiger partial charge is 0.489 e. The number of piperazine rings is 1. The van der Waals surface area contributed by atoms with Gasteiger partial charge in [-0.05, 0) is 11.6 Å². The van der Waals surface area contributed by atoms with Gasteiger partial charge in [0.2, 0.25) is 0 Å². The molecule has 4 heteroatoms. The van der Waals surface area contributed by atoms with Gasteiger partial charge in [-0.15, -0.1) is 12.4 Å². The average Bonchev–Trinajstić information content (AvgIpc) is 2.55. The van der Waals surface area contributed by atoms with E-state index in [1.807, 2.05) is 24.3 Å². The van der Waals surface area contributed by atoms with E-state index in [4.69, 9.17) is 4.74 Å². The lowest BCUT2D eigenvalue weighted by atomic mass is 10.0. The second-order valence-electron chi connectivity index (χ2n) is 5.02. The minimum absolute atomic E-state index is 0. The van der Waals surface area contributed by atoms with E-state index in [-0.39, 0.29) is 12.4 Å². The molecule has 1 aliphatic heterocycles. The molecular formula is C17H21ClN2O. The third-order valence-corrected chi connectivity index (χ3v) is 3.57. The Morgan fingerprint density at radius 2 is 1.71 bits per heavy atom. The molecule has 1 saturated heterocycles.